The van der Waals surface area contributed by atoms with Gasteiger partial charge in [0.15, 0.2) is 0 Å². The van der Waals surface area contributed by atoms with Crippen LogP contribution < -0.4 is 0 Å². The molecule has 0 N–H and O–H groups in total. The molecule has 1 aromatic rings. The van der Waals surface area contributed by atoms with Gasteiger partial charge in [-0.15, -0.1) is 0 Å². The summed E-state index contributed by atoms with van der Waals surface area (Å²) in [6, 6.07) is 2.68. The molecule has 0 aromatic carbocycles. The number of alkyl halides is 2. The van der Waals surface area contributed by atoms with Crippen LogP contribution in [0.15, 0.2) is 12.1 Å². The Labute approximate surface area is 99.0 Å². The molecule has 0 aliphatic carbocycles. The van der Waals surface area contributed by atoms with E-state index in [4.69, 9.17) is 0 Å². The molecular weight excluding hydrogens is 319 g/mol. The molecule has 1 rings (SSSR count). The van der Waals surface area contributed by atoms with E-state index in [-0.39, 0.29) is 15.7 Å². The smallest absolute Gasteiger partial charge is 0.311 e. The molecule has 0 amide bonds. The Kier molecular flexibility index (Phi) is 4.37. The highest BCUT2D eigenvalue weighted by molar-refractivity contribution is 14.1. The van der Waals surface area contributed by atoms with Gasteiger partial charge in [-0.2, -0.15) is 0 Å². The Bertz CT molecular complexity index is 371. The lowest BCUT2D eigenvalue weighted by molar-refractivity contribution is -0.139. The summed E-state index contributed by atoms with van der Waals surface area (Å²) >= 11 is 1.72. The highest BCUT2D eigenvalue weighted by atomic mass is 127. The largest absolute Gasteiger partial charge is 0.469 e. The zero-order chi connectivity index (χ0) is 11.4. The molecule has 0 spiro atoms. The molecule has 0 unspecified atom stereocenters. The van der Waals surface area contributed by atoms with Gasteiger partial charge < -0.3 is 4.74 Å². The number of aromatic nitrogens is 1. The quantitative estimate of drug-likeness (QED) is 0.486. The predicted octanol–water partition coefficient (Wildman–Crippen LogP) is 2.34. The van der Waals surface area contributed by atoms with Crippen molar-refractivity contribution in [1.82, 2.24) is 4.98 Å². The minimum absolute atomic E-state index is 0.00395. The molecule has 0 atom stereocenters. The molecule has 0 saturated heterocycles. The Hall–Kier alpha value is -0.790. The number of esters is 1. The highest BCUT2D eigenvalue weighted by Gasteiger charge is 2.14. The number of ether oxygens (including phenoxy) is 1. The summed E-state index contributed by atoms with van der Waals surface area (Å²) in [4.78, 5) is 14.8. The van der Waals surface area contributed by atoms with E-state index >= 15 is 0 Å². The third-order valence-electron chi connectivity index (χ3n) is 1.72. The lowest BCUT2D eigenvalue weighted by atomic mass is 10.2. The van der Waals surface area contributed by atoms with Gasteiger partial charge in [0.2, 0.25) is 0 Å². The summed E-state index contributed by atoms with van der Waals surface area (Å²) in [6.07, 6.45) is -2.55. The van der Waals surface area contributed by atoms with Gasteiger partial charge in [0, 0.05) is 5.56 Å². The molecule has 3 nitrogen and oxygen atoms in total. The number of pyridine rings is 1. The van der Waals surface area contributed by atoms with Gasteiger partial charge in [0.05, 0.1) is 19.2 Å². The van der Waals surface area contributed by atoms with Crippen LogP contribution in [0.3, 0.4) is 0 Å². The molecule has 1 aromatic heterocycles. The van der Waals surface area contributed by atoms with Crippen molar-refractivity contribution < 1.29 is 18.3 Å². The van der Waals surface area contributed by atoms with E-state index < -0.39 is 12.4 Å². The van der Waals surface area contributed by atoms with E-state index in [9.17, 15) is 13.6 Å². The Morgan fingerprint density at radius 1 is 1.60 bits per heavy atom. The molecule has 0 radical (unpaired) electrons. The molecule has 0 fully saturated rings. The Morgan fingerprint density at radius 3 is 2.73 bits per heavy atom. The average molecular weight is 327 g/mol. The number of halogens is 3. The van der Waals surface area contributed by atoms with Gasteiger partial charge >= 0.3 is 5.97 Å². The van der Waals surface area contributed by atoms with Crippen LogP contribution in [0, 0.1) is 3.70 Å². The molecule has 0 saturated carbocycles. The Balaban J connectivity index is 2.87. The minimum Gasteiger partial charge on any atom is -0.469 e. The van der Waals surface area contributed by atoms with Crippen LogP contribution in [0.2, 0.25) is 0 Å². The number of nitrogens with zero attached hydrogens (tertiary/aromatic N) is 1. The monoisotopic (exact) mass is 327 g/mol. The maximum atomic E-state index is 12.4. The maximum absolute atomic E-state index is 12.4. The predicted molar refractivity (Wildman–Crippen MR) is 57.6 cm³/mol. The molecule has 82 valence electrons. The molecule has 15 heavy (non-hydrogen) atoms. The van der Waals surface area contributed by atoms with Crippen molar-refractivity contribution in [3.63, 3.8) is 0 Å². The van der Waals surface area contributed by atoms with Gasteiger partial charge in [-0.05, 0) is 34.7 Å². The minimum atomic E-state index is -2.54. The van der Waals surface area contributed by atoms with E-state index in [1.165, 1.54) is 19.2 Å². The molecule has 0 aliphatic heterocycles. The lowest BCUT2D eigenvalue weighted by Gasteiger charge is -2.04. The topological polar surface area (TPSA) is 39.2 Å². The van der Waals surface area contributed by atoms with Crippen molar-refractivity contribution in [2.75, 3.05) is 7.11 Å². The van der Waals surface area contributed by atoms with Crippen LogP contribution in [0.4, 0.5) is 8.78 Å². The molecule has 6 heteroatoms. The first-order chi connectivity index (χ1) is 7.04. The normalized spacial score (nSPS) is 10.5. The van der Waals surface area contributed by atoms with Crippen LogP contribution in [0.1, 0.15) is 17.7 Å². The second kappa shape index (κ2) is 5.34. The van der Waals surface area contributed by atoms with Crippen LogP contribution in [0.25, 0.3) is 0 Å². The number of hydrogen-bond acceptors (Lipinski definition) is 3. The number of carbonyl (C=O) groups excluding carboxylic acids is 1. The van der Waals surface area contributed by atoms with E-state index in [0.29, 0.717) is 5.69 Å². The average Bonchev–Trinajstić information content (AvgIpc) is 2.17. The summed E-state index contributed by atoms with van der Waals surface area (Å²) in [6.45, 7) is 0. The number of methoxy groups -OCH3 is 1. The van der Waals surface area contributed by atoms with Crippen LogP contribution in [0.5, 0.6) is 0 Å². The molecule has 0 aliphatic rings. The fraction of sp³-hybridized carbons (Fsp3) is 0.333. The van der Waals surface area contributed by atoms with Crippen molar-refractivity contribution in [3.8, 4) is 0 Å². The van der Waals surface area contributed by atoms with Gasteiger partial charge in [0.1, 0.15) is 3.70 Å². The van der Waals surface area contributed by atoms with E-state index in [0.717, 1.165) is 0 Å². The fourth-order valence-corrected chi connectivity index (χ4v) is 1.69. The van der Waals surface area contributed by atoms with Crippen molar-refractivity contribution >= 4 is 28.6 Å². The second-order valence-electron chi connectivity index (χ2n) is 2.74. The van der Waals surface area contributed by atoms with Gasteiger partial charge in [-0.3, -0.25) is 4.79 Å². The fourth-order valence-electron chi connectivity index (χ4n) is 0.964. The number of carbonyl (C=O) groups is 1. The SMILES string of the molecule is COC(=O)Cc1ccc(C(F)F)c(I)n1. The lowest BCUT2D eigenvalue weighted by Crippen LogP contribution is -2.07. The maximum Gasteiger partial charge on any atom is 0.311 e. The van der Waals surface area contributed by atoms with Gasteiger partial charge in [-0.1, -0.05) is 0 Å². The summed E-state index contributed by atoms with van der Waals surface area (Å²) in [5, 5.41) is 0. The van der Waals surface area contributed by atoms with Crippen LogP contribution in [-0.4, -0.2) is 18.1 Å². The summed E-state index contributed by atoms with van der Waals surface area (Å²) in [5.74, 6) is -0.442. The summed E-state index contributed by atoms with van der Waals surface area (Å²) < 4.78 is 29.4. The van der Waals surface area contributed by atoms with E-state index in [2.05, 4.69) is 9.72 Å². The standard InChI is InChI=1S/C9H8F2INO2/c1-15-7(14)4-5-2-3-6(8(10)11)9(12)13-5/h2-3,8H,4H2,1H3. The van der Waals surface area contributed by atoms with E-state index in [1.807, 2.05) is 0 Å². The zero-order valence-electron chi connectivity index (χ0n) is 7.84. The second-order valence-corrected chi connectivity index (χ2v) is 3.76. The highest BCUT2D eigenvalue weighted by Crippen LogP contribution is 2.23. The summed E-state index contributed by atoms with van der Waals surface area (Å²) in [5.41, 5.74) is 0.305. The van der Waals surface area contributed by atoms with Crippen LogP contribution >= 0.6 is 22.6 Å². The van der Waals surface area contributed by atoms with Gasteiger partial charge in [-0.25, -0.2) is 13.8 Å². The molecule has 0 bridgehead atoms. The summed E-state index contributed by atoms with van der Waals surface area (Å²) in [7, 11) is 1.26. The third-order valence-corrected chi connectivity index (χ3v) is 2.59. The van der Waals surface area contributed by atoms with Crippen molar-refractivity contribution in [1.29, 1.82) is 0 Å². The van der Waals surface area contributed by atoms with Crippen molar-refractivity contribution in [2.24, 2.45) is 0 Å². The number of hydrogen-bond donors (Lipinski definition) is 0. The van der Waals surface area contributed by atoms with Gasteiger partial charge in [0.25, 0.3) is 6.43 Å². The molecular formula is C9H8F2INO2. The third kappa shape index (κ3) is 3.37. The Morgan fingerprint density at radius 2 is 2.27 bits per heavy atom. The molecule has 1 heterocycles. The van der Waals surface area contributed by atoms with Crippen LogP contribution in [-0.2, 0) is 16.0 Å². The van der Waals surface area contributed by atoms with E-state index in [1.54, 1.807) is 22.6 Å². The first-order valence-electron chi connectivity index (χ1n) is 4.05. The zero-order valence-corrected chi connectivity index (χ0v) is 9.99. The van der Waals surface area contributed by atoms with Crippen molar-refractivity contribution in [2.45, 2.75) is 12.8 Å². The first kappa shape index (κ1) is 12.3. The van der Waals surface area contributed by atoms with Crippen molar-refractivity contribution in [3.05, 3.63) is 27.1 Å². The number of rotatable bonds is 3. The first-order valence-corrected chi connectivity index (χ1v) is 5.12.